The zero-order valence-corrected chi connectivity index (χ0v) is 8.15. The van der Waals surface area contributed by atoms with Crippen molar-refractivity contribution in [1.82, 2.24) is 4.98 Å². The lowest BCUT2D eigenvalue weighted by molar-refractivity contribution is 0.101. The Morgan fingerprint density at radius 3 is 2.79 bits per heavy atom. The lowest BCUT2D eigenvalue weighted by Crippen LogP contribution is -2.08. The molecule has 0 saturated carbocycles. The number of hydrogen-bond donors (Lipinski definition) is 0. The van der Waals surface area contributed by atoms with Gasteiger partial charge in [-0.15, -0.1) is 6.42 Å². The van der Waals surface area contributed by atoms with Gasteiger partial charge in [0.1, 0.15) is 11.4 Å². The molecule has 0 spiro atoms. The number of pyridine rings is 1. The van der Waals surface area contributed by atoms with E-state index in [1.54, 1.807) is 19.1 Å². The molecule has 0 saturated heterocycles. The molecule has 0 bridgehead atoms. The molecule has 1 heterocycles. The average Bonchev–Trinajstić information content (AvgIpc) is 2.18. The zero-order valence-electron chi connectivity index (χ0n) is 8.15. The van der Waals surface area contributed by atoms with Gasteiger partial charge in [-0.05, 0) is 19.1 Å². The number of ether oxygens (including phenoxy) is 1. The molecule has 14 heavy (non-hydrogen) atoms. The van der Waals surface area contributed by atoms with E-state index in [4.69, 9.17) is 11.2 Å². The number of ketones is 1. The molecule has 0 amide bonds. The molecule has 0 aromatic carbocycles. The van der Waals surface area contributed by atoms with E-state index in [2.05, 4.69) is 10.9 Å². The summed E-state index contributed by atoms with van der Waals surface area (Å²) in [5.41, 5.74) is 0.422. The van der Waals surface area contributed by atoms with Crippen LogP contribution in [-0.4, -0.2) is 16.9 Å². The van der Waals surface area contributed by atoms with Crippen LogP contribution in [0, 0.1) is 12.3 Å². The topological polar surface area (TPSA) is 39.2 Å². The Labute approximate surface area is 83.1 Å². The van der Waals surface area contributed by atoms with Crippen molar-refractivity contribution in [1.29, 1.82) is 0 Å². The highest BCUT2D eigenvalue weighted by molar-refractivity contribution is 5.92. The number of Topliss-reactive ketones (excluding diaryl/α,β-unsaturated/α-hetero) is 1. The monoisotopic (exact) mass is 189 g/mol. The highest BCUT2D eigenvalue weighted by Gasteiger charge is 2.02. The van der Waals surface area contributed by atoms with Crippen LogP contribution >= 0.6 is 0 Å². The van der Waals surface area contributed by atoms with Gasteiger partial charge < -0.3 is 4.74 Å². The summed E-state index contributed by atoms with van der Waals surface area (Å²) in [5.74, 6) is 2.94. The van der Waals surface area contributed by atoms with E-state index in [1.807, 2.05) is 0 Å². The van der Waals surface area contributed by atoms with Gasteiger partial charge in [0.15, 0.2) is 11.9 Å². The molecule has 0 aliphatic heterocycles. The predicted octanol–water partition coefficient (Wildman–Crippen LogP) is 1.68. The van der Waals surface area contributed by atoms with Crippen LogP contribution in [0.15, 0.2) is 18.3 Å². The van der Waals surface area contributed by atoms with Gasteiger partial charge in [0.2, 0.25) is 0 Å². The van der Waals surface area contributed by atoms with E-state index in [-0.39, 0.29) is 11.9 Å². The van der Waals surface area contributed by atoms with E-state index in [1.165, 1.54) is 13.1 Å². The molecule has 1 atom stereocenters. The first-order valence-corrected chi connectivity index (χ1v) is 4.23. The SMILES string of the molecule is C#CC(C)Oc1ccc(C(C)=O)nc1. The molecule has 0 aliphatic rings. The summed E-state index contributed by atoms with van der Waals surface area (Å²) >= 11 is 0. The van der Waals surface area contributed by atoms with Crippen molar-refractivity contribution in [2.45, 2.75) is 20.0 Å². The first kappa shape index (κ1) is 10.3. The van der Waals surface area contributed by atoms with Gasteiger partial charge in [-0.1, -0.05) is 5.92 Å². The van der Waals surface area contributed by atoms with Crippen LogP contribution in [0.2, 0.25) is 0 Å². The average molecular weight is 189 g/mol. The van der Waals surface area contributed by atoms with Crippen molar-refractivity contribution in [3.05, 3.63) is 24.0 Å². The van der Waals surface area contributed by atoms with Crippen LogP contribution < -0.4 is 4.74 Å². The van der Waals surface area contributed by atoms with E-state index in [0.29, 0.717) is 11.4 Å². The standard InChI is InChI=1S/C11H11NO2/c1-4-8(2)14-10-5-6-11(9(3)13)12-7-10/h1,5-8H,2-3H3. The minimum Gasteiger partial charge on any atom is -0.476 e. The Kier molecular flexibility index (Phi) is 3.24. The van der Waals surface area contributed by atoms with Gasteiger partial charge in [0.25, 0.3) is 0 Å². The van der Waals surface area contributed by atoms with Crippen molar-refractivity contribution in [3.63, 3.8) is 0 Å². The van der Waals surface area contributed by atoms with E-state index < -0.39 is 0 Å². The van der Waals surface area contributed by atoms with Crippen LogP contribution in [0.25, 0.3) is 0 Å². The second-order valence-electron chi connectivity index (χ2n) is 2.86. The molecule has 1 rings (SSSR count). The maximum atomic E-state index is 10.9. The normalized spacial score (nSPS) is 11.5. The minimum absolute atomic E-state index is 0.0680. The summed E-state index contributed by atoms with van der Waals surface area (Å²) in [5, 5.41) is 0. The summed E-state index contributed by atoms with van der Waals surface area (Å²) in [6.07, 6.45) is 6.35. The number of nitrogens with zero attached hydrogens (tertiary/aromatic N) is 1. The Morgan fingerprint density at radius 2 is 2.36 bits per heavy atom. The van der Waals surface area contributed by atoms with Crippen LogP contribution in [0.5, 0.6) is 5.75 Å². The molecule has 3 nitrogen and oxygen atoms in total. The molecule has 72 valence electrons. The van der Waals surface area contributed by atoms with Crippen molar-refractivity contribution in [2.75, 3.05) is 0 Å². The van der Waals surface area contributed by atoms with Gasteiger partial charge in [-0.2, -0.15) is 0 Å². The summed E-state index contributed by atoms with van der Waals surface area (Å²) in [6.45, 7) is 3.23. The van der Waals surface area contributed by atoms with Gasteiger partial charge in [0, 0.05) is 6.92 Å². The third-order valence-electron chi connectivity index (χ3n) is 1.64. The lowest BCUT2D eigenvalue weighted by atomic mass is 10.3. The third-order valence-corrected chi connectivity index (χ3v) is 1.64. The Hall–Kier alpha value is -1.82. The molecule has 1 unspecified atom stereocenters. The first-order chi connectivity index (χ1) is 6.63. The van der Waals surface area contributed by atoms with Crippen LogP contribution in [0.4, 0.5) is 0 Å². The fraction of sp³-hybridized carbons (Fsp3) is 0.273. The Balaban J connectivity index is 2.75. The van der Waals surface area contributed by atoms with Gasteiger partial charge in [0.05, 0.1) is 6.20 Å². The number of aromatic nitrogens is 1. The molecular weight excluding hydrogens is 178 g/mol. The minimum atomic E-state index is -0.292. The second kappa shape index (κ2) is 4.43. The van der Waals surface area contributed by atoms with E-state index in [0.717, 1.165) is 0 Å². The second-order valence-corrected chi connectivity index (χ2v) is 2.86. The number of rotatable bonds is 3. The Morgan fingerprint density at radius 1 is 1.64 bits per heavy atom. The molecule has 0 fully saturated rings. The van der Waals surface area contributed by atoms with Crippen LogP contribution in [0.1, 0.15) is 24.3 Å². The number of carbonyl (C=O) groups excluding carboxylic acids is 1. The molecule has 1 aromatic heterocycles. The van der Waals surface area contributed by atoms with Crippen LogP contribution in [-0.2, 0) is 0 Å². The fourth-order valence-electron chi connectivity index (χ4n) is 0.896. The van der Waals surface area contributed by atoms with Crippen LogP contribution in [0.3, 0.4) is 0 Å². The number of hydrogen-bond acceptors (Lipinski definition) is 3. The first-order valence-electron chi connectivity index (χ1n) is 4.23. The molecule has 1 aromatic rings. The zero-order chi connectivity index (χ0) is 10.6. The summed E-state index contributed by atoms with van der Waals surface area (Å²) in [4.78, 5) is 14.8. The highest BCUT2D eigenvalue weighted by Crippen LogP contribution is 2.11. The van der Waals surface area contributed by atoms with Crippen molar-refractivity contribution in [2.24, 2.45) is 0 Å². The molecule has 0 aliphatic carbocycles. The predicted molar refractivity (Wildman–Crippen MR) is 53.2 cm³/mol. The fourth-order valence-corrected chi connectivity index (χ4v) is 0.896. The quantitative estimate of drug-likeness (QED) is 0.536. The molecule has 0 N–H and O–H groups in total. The summed E-state index contributed by atoms with van der Waals surface area (Å²) < 4.78 is 5.29. The maximum Gasteiger partial charge on any atom is 0.178 e. The smallest absolute Gasteiger partial charge is 0.178 e. The number of carbonyl (C=O) groups is 1. The molecular formula is C11H11NO2. The van der Waals surface area contributed by atoms with Crippen molar-refractivity contribution >= 4 is 5.78 Å². The lowest BCUT2D eigenvalue weighted by Gasteiger charge is -2.07. The van der Waals surface area contributed by atoms with Gasteiger partial charge in [-0.3, -0.25) is 4.79 Å². The molecule has 3 heteroatoms. The number of terminal acetylenes is 1. The largest absolute Gasteiger partial charge is 0.476 e. The van der Waals surface area contributed by atoms with Gasteiger partial charge >= 0.3 is 0 Å². The maximum absolute atomic E-state index is 10.9. The van der Waals surface area contributed by atoms with Crippen molar-refractivity contribution < 1.29 is 9.53 Å². The Bertz CT molecular complexity index is 362. The van der Waals surface area contributed by atoms with Crippen molar-refractivity contribution in [3.8, 4) is 18.1 Å². The highest BCUT2D eigenvalue weighted by atomic mass is 16.5. The summed E-state index contributed by atoms with van der Waals surface area (Å²) in [6, 6.07) is 3.29. The van der Waals surface area contributed by atoms with E-state index >= 15 is 0 Å². The van der Waals surface area contributed by atoms with E-state index in [9.17, 15) is 4.79 Å². The van der Waals surface area contributed by atoms with Gasteiger partial charge in [-0.25, -0.2) is 4.98 Å². The third kappa shape index (κ3) is 2.60. The molecule has 0 radical (unpaired) electrons. The summed E-state index contributed by atoms with van der Waals surface area (Å²) in [7, 11) is 0.